The molecule has 0 N–H and O–H groups in total. The molecule has 0 saturated carbocycles. The van der Waals surface area contributed by atoms with Crippen LogP contribution >= 0.6 is 7.82 Å². The van der Waals surface area contributed by atoms with Gasteiger partial charge in [-0.15, -0.1) is 0 Å². The van der Waals surface area contributed by atoms with Crippen molar-refractivity contribution in [2.75, 3.05) is 13.2 Å². The number of carbonyl (C=O) groups excluding carboxylic acids is 1. The van der Waals surface area contributed by atoms with Gasteiger partial charge in [-0.05, 0) is 38.0 Å². The number of hydrogen-bond donors (Lipinski definition) is 0. The van der Waals surface area contributed by atoms with Gasteiger partial charge in [0.25, 0.3) is 0 Å². The fourth-order valence-corrected chi connectivity index (χ4v) is 3.57. The Morgan fingerprint density at radius 2 is 1.69 bits per heavy atom. The van der Waals surface area contributed by atoms with Gasteiger partial charge in [-0.2, -0.15) is 0 Å². The van der Waals surface area contributed by atoms with Gasteiger partial charge in [0.05, 0.1) is 19.1 Å². The van der Waals surface area contributed by atoms with Gasteiger partial charge in [-0.3, -0.25) is 13.8 Å². The third kappa shape index (κ3) is 5.01. The van der Waals surface area contributed by atoms with Gasteiger partial charge >= 0.3 is 13.8 Å². The second-order valence-electron chi connectivity index (χ2n) is 5.52. The van der Waals surface area contributed by atoms with Crippen molar-refractivity contribution in [3.8, 4) is 11.1 Å². The van der Waals surface area contributed by atoms with Crippen molar-refractivity contribution in [1.29, 1.82) is 0 Å². The Kier molecular flexibility index (Phi) is 7.09. The minimum absolute atomic E-state index is 0.0688. The summed E-state index contributed by atoms with van der Waals surface area (Å²) in [7, 11) is -3.96. The molecule has 5 nitrogen and oxygen atoms in total. The zero-order valence-corrected chi connectivity index (χ0v) is 15.9. The van der Waals surface area contributed by atoms with Crippen molar-refractivity contribution in [3.05, 3.63) is 59.9 Å². The number of hydrogen-bond acceptors (Lipinski definition) is 5. The van der Waals surface area contributed by atoms with E-state index in [9.17, 15) is 13.8 Å². The summed E-state index contributed by atoms with van der Waals surface area (Å²) in [5.74, 6) is -2.09. The molecule has 1 unspecified atom stereocenters. The molecule has 0 fully saturated rings. The van der Waals surface area contributed by atoms with Crippen molar-refractivity contribution >= 4 is 13.8 Å². The Bertz CT molecular complexity index is 784. The average molecular weight is 380 g/mol. The van der Waals surface area contributed by atoms with Gasteiger partial charge in [0.2, 0.25) is 0 Å². The molecule has 0 aliphatic rings. The summed E-state index contributed by atoms with van der Waals surface area (Å²) in [6.07, 6.45) is 0. The Labute approximate surface area is 152 Å². The first-order valence-electron chi connectivity index (χ1n) is 8.37. The summed E-state index contributed by atoms with van der Waals surface area (Å²) in [4.78, 5) is 12.3. The molecule has 0 spiro atoms. The topological polar surface area (TPSA) is 61.8 Å². The SMILES string of the molecule is CCOP(=O)(OCC)OC(=O)C(C)c1ccc(-c2ccccc2)c(F)c1. The molecule has 2 aromatic rings. The number of halogens is 1. The lowest BCUT2D eigenvalue weighted by Crippen LogP contribution is -2.14. The predicted octanol–water partition coefficient (Wildman–Crippen LogP) is 5.32. The minimum atomic E-state index is -3.96. The molecular formula is C19H22FO5P. The van der Waals surface area contributed by atoms with E-state index in [0.717, 1.165) is 5.56 Å². The Morgan fingerprint density at radius 3 is 2.23 bits per heavy atom. The van der Waals surface area contributed by atoms with Crippen LogP contribution in [0.2, 0.25) is 0 Å². The van der Waals surface area contributed by atoms with E-state index >= 15 is 0 Å². The predicted molar refractivity (Wildman–Crippen MR) is 97.2 cm³/mol. The lowest BCUT2D eigenvalue weighted by atomic mass is 9.97. The maximum Gasteiger partial charge on any atom is 0.532 e. The van der Waals surface area contributed by atoms with Crippen LogP contribution in [0.15, 0.2) is 48.5 Å². The molecule has 0 bridgehead atoms. The Morgan fingerprint density at radius 1 is 1.08 bits per heavy atom. The molecule has 0 aliphatic heterocycles. The molecule has 1 atom stereocenters. The largest absolute Gasteiger partial charge is 0.532 e. The van der Waals surface area contributed by atoms with Crippen molar-refractivity contribution in [2.24, 2.45) is 0 Å². The van der Waals surface area contributed by atoms with E-state index in [1.54, 1.807) is 45.0 Å². The van der Waals surface area contributed by atoms with Crippen molar-refractivity contribution in [1.82, 2.24) is 0 Å². The molecule has 0 aromatic heterocycles. The zero-order chi connectivity index (χ0) is 19.2. The van der Waals surface area contributed by atoms with Gasteiger partial charge < -0.3 is 4.52 Å². The first-order valence-corrected chi connectivity index (χ1v) is 9.83. The Balaban J connectivity index is 2.19. The van der Waals surface area contributed by atoms with Crippen molar-refractivity contribution < 1.29 is 27.3 Å². The number of carbonyl (C=O) groups is 1. The van der Waals surface area contributed by atoms with Crippen LogP contribution < -0.4 is 0 Å². The van der Waals surface area contributed by atoms with E-state index in [4.69, 9.17) is 13.6 Å². The summed E-state index contributed by atoms with van der Waals surface area (Å²) in [6.45, 7) is 4.90. The van der Waals surface area contributed by atoms with Gasteiger partial charge in [0, 0.05) is 5.56 Å². The highest BCUT2D eigenvalue weighted by Crippen LogP contribution is 2.50. The Hall–Kier alpha value is -2.01. The van der Waals surface area contributed by atoms with Crippen LogP contribution in [0.4, 0.5) is 4.39 Å². The molecule has 7 heteroatoms. The highest BCUT2D eigenvalue weighted by molar-refractivity contribution is 7.49. The van der Waals surface area contributed by atoms with E-state index in [-0.39, 0.29) is 13.2 Å². The maximum atomic E-state index is 14.5. The highest BCUT2D eigenvalue weighted by atomic mass is 31.2. The van der Waals surface area contributed by atoms with E-state index in [2.05, 4.69) is 0 Å². The average Bonchev–Trinajstić information content (AvgIpc) is 2.62. The molecule has 0 amide bonds. The summed E-state index contributed by atoms with van der Waals surface area (Å²) in [5.41, 5.74) is 1.58. The summed E-state index contributed by atoms with van der Waals surface area (Å²) < 4.78 is 41.6. The van der Waals surface area contributed by atoms with Gasteiger partial charge in [0.1, 0.15) is 5.82 Å². The minimum Gasteiger partial charge on any atom is -0.370 e. The summed E-state index contributed by atoms with van der Waals surface area (Å²) in [6, 6.07) is 13.6. The van der Waals surface area contributed by atoms with Crippen LogP contribution in [-0.4, -0.2) is 19.2 Å². The standard InChI is InChI=1S/C19H22FO5P/c1-4-23-26(22,24-5-2)25-19(21)14(3)16-11-12-17(18(20)13-16)15-9-7-6-8-10-15/h6-14H,4-5H2,1-3H3. The van der Waals surface area contributed by atoms with Crippen molar-refractivity contribution in [3.63, 3.8) is 0 Å². The summed E-state index contributed by atoms with van der Waals surface area (Å²) >= 11 is 0. The first-order chi connectivity index (χ1) is 12.4. The van der Waals surface area contributed by atoms with Crippen LogP contribution in [0, 0.1) is 5.82 Å². The molecule has 2 aromatic carbocycles. The molecular weight excluding hydrogens is 358 g/mol. The quantitative estimate of drug-likeness (QED) is 0.580. The van der Waals surface area contributed by atoms with Gasteiger partial charge in [-0.25, -0.2) is 8.96 Å². The molecule has 26 heavy (non-hydrogen) atoms. The van der Waals surface area contributed by atoms with Crippen LogP contribution in [0.3, 0.4) is 0 Å². The second-order valence-corrected chi connectivity index (χ2v) is 7.11. The number of phosphoric ester groups is 1. The third-order valence-electron chi connectivity index (χ3n) is 3.71. The fourth-order valence-electron chi connectivity index (χ4n) is 2.38. The van der Waals surface area contributed by atoms with Crippen LogP contribution in [0.25, 0.3) is 11.1 Å². The maximum absolute atomic E-state index is 14.5. The third-order valence-corrected chi connectivity index (χ3v) is 5.26. The van der Waals surface area contributed by atoms with Crippen LogP contribution in [0.1, 0.15) is 32.3 Å². The molecule has 0 heterocycles. The number of benzene rings is 2. The number of rotatable bonds is 8. The summed E-state index contributed by atoms with van der Waals surface area (Å²) in [5, 5.41) is 0. The zero-order valence-electron chi connectivity index (χ0n) is 15.0. The van der Waals surface area contributed by atoms with Gasteiger partial charge in [0.15, 0.2) is 0 Å². The molecule has 140 valence electrons. The molecule has 0 radical (unpaired) electrons. The molecule has 0 aliphatic carbocycles. The second kappa shape index (κ2) is 9.08. The van der Waals surface area contributed by atoms with E-state index in [1.807, 2.05) is 18.2 Å². The lowest BCUT2D eigenvalue weighted by Gasteiger charge is -2.18. The van der Waals surface area contributed by atoms with Crippen LogP contribution in [0.5, 0.6) is 0 Å². The fraction of sp³-hybridized carbons (Fsp3) is 0.316. The normalized spacial score (nSPS) is 12.6. The first kappa shape index (κ1) is 20.3. The lowest BCUT2D eigenvalue weighted by molar-refractivity contribution is -0.137. The molecule has 2 rings (SSSR count). The van der Waals surface area contributed by atoms with E-state index in [0.29, 0.717) is 11.1 Å². The van der Waals surface area contributed by atoms with E-state index in [1.165, 1.54) is 6.07 Å². The number of phosphoric acid groups is 1. The van der Waals surface area contributed by atoms with E-state index < -0.39 is 25.5 Å². The van der Waals surface area contributed by atoms with Gasteiger partial charge in [-0.1, -0.05) is 42.5 Å². The van der Waals surface area contributed by atoms with Crippen LogP contribution in [-0.2, 0) is 22.9 Å². The monoisotopic (exact) mass is 380 g/mol. The van der Waals surface area contributed by atoms with Crippen molar-refractivity contribution in [2.45, 2.75) is 26.7 Å². The smallest absolute Gasteiger partial charge is 0.370 e. The highest BCUT2D eigenvalue weighted by Gasteiger charge is 2.32. The molecule has 0 saturated heterocycles.